The summed E-state index contributed by atoms with van der Waals surface area (Å²) in [6, 6.07) is 4.36. The summed E-state index contributed by atoms with van der Waals surface area (Å²) in [5.41, 5.74) is 6.54. The first-order valence-corrected chi connectivity index (χ1v) is 8.56. The Hall–Kier alpha value is -2.90. The van der Waals surface area contributed by atoms with E-state index in [-0.39, 0.29) is 17.7 Å². The molecule has 26 heavy (non-hydrogen) atoms. The molecule has 0 radical (unpaired) electrons. The molecule has 1 heterocycles. The first-order valence-electron chi connectivity index (χ1n) is 8.56. The molecule has 1 aliphatic rings. The highest BCUT2D eigenvalue weighted by Crippen LogP contribution is 2.19. The molecule has 0 aromatic heterocycles. The summed E-state index contributed by atoms with van der Waals surface area (Å²) in [6.07, 6.45) is 1.86. The van der Waals surface area contributed by atoms with E-state index in [1.54, 1.807) is 38.1 Å². The molecule has 1 aromatic carbocycles. The average Bonchev–Trinajstić information content (AvgIpc) is 3.11. The first kappa shape index (κ1) is 19.4. The van der Waals surface area contributed by atoms with Gasteiger partial charge in [-0.25, -0.2) is 0 Å². The van der Waals surface area contributed by atoms with E-state index in [0.717, 1.165) is 0 Å². The standard InChI is InChI=1S/C18H24N4O4/c1-11(10-23)20-17(25)15-4-3-9-22(15)18(26)12(2)21-16(24)13-5-7-14(19)8-6-13/h5-8,10-12,15H,3-4,9,19H2,1-2H3,(H,20,25)(H,21,24)/t11-,12?,15?/m0/s1. The van der Waals surface area contributed by atoms with Gasteiger partial charge in [-0.1, -0.05) is 0 Å². The number of likely N-dealkylation sites (tertiary alicyclic amines) is 1. The molecule has 0 saturated carbocycles. The van der Waals surface area contributed by atoms with Gasteiger partial charge in [0.15, 0.2) is 0 Å². The van der Waals surface area contributed by atoms with Gasteiger partial charge in [-0.05, 0) is 51.0 Å². The van der Waals surface area contributed by atoms with E-state index in [4.69, 9.17) is 5.73 Å². The van der Waals surface area contributed by atoms with Crippen LogP contribution in [-0.2, 0) is 14.4 Å². The zero-order valence-corrected chi connectivity index (χ0v) is 14.9. The van der Waals surface area contributed by atoms with Crippen LogP contribution < -0.4 is 16.4 Å². The Balaban J connectivity index is 1.99. The summed E-state index contributed by atoms with van der Waals surface area (Å²) >= 11 is 0. The number of nitrogens with one attached hydrogen (secondary N) is 2. The highest BCUT2D eigenvalue weighted by molar-refractivity contribution is 5.98. The maximum absolute atomic E-state index is 12.7. The van der Waals surface area contributed by atoms with Gasteiger partial charge in [0.05, 0.1) is 6.04 Å². The largest absolute Gasteiger partial charge is 0.399 e. The lowest BCUT2D eigenvalue weighted by Crippen LogP contribution is -2.53. The second-order valence-electron chi connectivity index (χ2n) is 6.44. The van der Waals surface area contributed by atoms with Gasteiger partial charge in [0.25, 0.3) is 5.91 Å². The van der Waals surface area contributed by atoms with Crippen molar-refractivity contribution < 1.29 is 19.2 Å². The maximum Gasteiger partial charge on any atom is 0.251 e. The van der Waals surface area contributed by atoms with Crippen LogP contribution in [-0.4, -0.2) is 53.6 Å². The maximum atomic E-state index is 12.7. The summed E-state index contributed by atoms with van der Waals surface area (Å²) in [6.45, 7) is 3.59. The number of benzene rings is 1. The third-order valence-corrected chi connectivity index (χ3v) is 4.30. The number of nitrogens with zero attached hydrogens (tertiary/aromatic N) is 1. The van der Waals surface area contributed by atoms with Gasteiger partial charge < -0.3 is 26.1 Å². The molecule has 2 unspecified atom stereocenters. The predicted molar refractivity (Wildman–Crippen MR) is 96.2 cm³/mol. The Kier molecular flexibility index (Phi) is 6.32. The van der Waals surface area contributed by atoms with Gasteiger partial charge in [-0.3, -0.25) is 14.4 Å². The summed E-state index contributed by atoms with van der Waals surface area (Å²) in [5.74, 6) is -1.07. The van der Waals surface area contributed by atoms with Crippen LogP contribution in [0.25, 0.3) is 0 Å². The molecule has 1 saturated heterocycles. The first-order chi connectivity index (χ1) is 12.3. The molecule has 2 rings (SSSR count). The van der Waals surface area contributed by atoms with Crippen LogP contribution in [0.2, 0.25) is 0 Å². The summed E-state index contributed by atoms with van der Waals surface area (Å²) in [4.78, 5) is 49.4. The van der Waals surface area contributed by atoms with Crippen LogP contribution in [0, 0.1) is 0 Å². The molecule has 3 atom stereocenters. The highest BCUT2D eigenvalue weighted by atomic mass is 16.2. The number of carbonyl (C=O) groups is 4. The summed E-state index contributed by atoms with van der Waals surface area (Å²) in [7, 11) is 0. The second-order valence-corrected chi connectivity index (χ2v) is 6.44. The molecular formula is C18H24N4O4. The normalized spacial score (nSPS) is 18.7. The van der Waals surface area contributed by atoms with E-state index >= 15 is 0 Å². The third-order valence-electron chi connectivity index (χ3n) is 4.30. The topological polar surface area (TPSA) is 122 Å². The number of rotatable bonds is 6. The zero-order chi connectivity index (χ0) is 19.3. The number of nitrogen functional groups attached to an aromatic ring is 1. The van der Waals surface area contributed by atoms with Crippen molar-refractivity contribution in [3.05, 3.63) is 29.8 Å². The minimum absolute atomic E-state index is 0.329. The Labute approximate surface area is 152 Å². The number of hydrogen-bond donors (Lipinski definition) is 3. The van der Waals surface area contributed by atoms with Crippen LogP contribution in [0.1, 0.15) is 37.0 Å². The van der Waals surface area contributed by atoms with Crippen LogP contribution in [0.15, 0.2) is 24.3 Å². The van der Waals surface area contributed by atoms with E-state index in [0.29, 0.717) is 36.9 Å². The van der Waals surface area contributed by atoms with Crippen molar-refractivity contribution in [1.29, 1.82) is 0 Å². The summed E-state index contributed by atoms with van der Waals surface area (Å²) in [5, 5.41) is 5.21. The van der Waals surface area contributed by atoms with Crippen molar-refractivity contribution in [2.75, 3.05) is 12.3 Å². The van der Waals surface area contributed by atoms with E-state index in [1.165, 1.54) is 4.90 Å². The lowest BCUT2D eigenvalue weighted by Gasteiger charge is -2.27. The second kappa shape index (κ2) is 8.46. The molecule has 0 aliphatic carbocycles. The molecule has 0 spiro atoms. The Morgan fingerprint density at radius 2 is 1.85 bits per heavy atom. The Morgan fingerprint density at radius 3 is 2.46 bits per heavy atom. The number of amides is 3. The van der Waals surface area contributed by atoms with Crippen molar-refractivity contribution in [2.24, 2.45) is 0 Å². The van der Waals surface area contributed by atoms with Crippen LogP contribution in [0.3, 0.4) is 0 Å². The molecule has 0 bridgehead atoms. The molecule has 1 fully saturated rings. The van der Waals surface area contributed by atoms with E-state index < -0.39 is 18.1 Å². The quantitative estimate of drug-likeness (QED) is 0.490. The highest BCUT2D eigenvalue weighted by Gasteiger charge is 2.36. The molecule has 8 nitrogen and oxygen atoms in total. The molecule has 3 amide bonds. The number of nitrogens with two attached hydrogens (primary N) is 1. The molecule has 140 valence electrons. The fourth-order valence-electron chi connectivity index (χ4n) is 2.88. The van der Waals surface area contributed by atoms with Gasteiger partial charge >= 0.3 is 0 Å². The van der Waals surface area contributed by atoms with Gasteiger partial charge in [0.2, 0.25) is 11.8 Å². The minimum atomic E-state index is -0.781. The monoisotopic (exact) mass is 360 g/mol. The molecule has 8 heteroatoms. The molecule has 4 N–H and O–H groups in total. The van der Waals surface area contributed by atoms with E-state index in [1.807, 2.05) is 0 Å². The number of anilines is 1. The van der Waals surface area contributed by atoms with Crippen LogP contribution in [0.4, 0.5) is 5.69 Å². The van der Waals surface area contributed by atoms with E-state index in [9.17, 15) is 19.2 Å². The number of carbonyl (C=O) groups excluding carboxylic acids is 4. The Bertz CT molecular complexity index is 689. The average molecular weight is 360 g/mol. The Morgan fingerprint density at radius 1 is 1.19 bits per heavy atom. The van der Waals surface area contributed by atoms with Gasteiger partial charge in [-0.15, -0.1) is 0 Å². The summed E-state index contributed by atoms with van der Waals surface area (Å²) < 4.78 is 0. The van der Waals surface area contributed by atoms with Crippen molar-refractivity contribution in [3.8, 4) is 0 Å². The van der Waals surface area contributed by atoms with Gasteiger partial charge in [0, 0.05) is 17.8 Å². The van der Waals surface area contributed by atoms with E-state index in [2.05, 4.69) is 10.6 Å². The fraction of sp³-hybridized carbons (Fsp3) is 0.444. The smallest absolute Gasteiger partial charge is 0.251 e. The van der Waals surface area contributed by atoms with Crippen molar-refractivity contribution in [1.82, 2.24) is 15.5 Å². The molecular weight excluding hydrogens is 336 g/mol. The minimum Gasteiger partial charge on any atom is -0.399 e. The molecule has 1 aromatic rings. The van der Waals surface area contributed by atoms with Crippen LogP contribution in [0.5, 0.6) is 0 Å². The predicted octanol–water partition coefficient (Wildman–Crippen LogP) is 0.0817. The van der Waals surface area contributed by atoms with Crippen molar-refractivity contribution in [2.45, 2.75) is 44.8 Å². The van der Waals surface area contributed by atoms with Gasteiger partial charge in [-0.2, -0.15) is 0 Å². The number of hydrogen-bond acceptors (Lipinski definition) is 5. The zero-order valence-electron chi connectivity index (χ0n) is 14.9. The number of aldehydes is 1. The lowest BCUT2D eigenvalue weighted by atomic mass is 10.1. The lowest BCUT2D eigenvalue weighted by molar-refractivity contribution is -0.139. The van der Waals surface area contributed by atoms with Gasteiger partial charge in [0.1, 0.15) is 18.4 Å². The molecule has 1 aliphatic heterocycles. The SMILES string of the molecule is CC(NC(=O)c1ccc(N)cc1)C(=O)N1CCCC1C(=O)N[C@@H](C)C=O. The van der Waals surface area contributed by atoms with Crippen molar-refractivity contribution in [3.63, 3.8) is 0 Å². The van der Waals surface area contributed by atoms with Crippen molar-refractivity contribution >= 4 is 29.7 Å². The van der Waals surface area contributed by atoms with Crippen LogP contribution >= 0.6 is 0 Å². The fourth-order valence-corrected chi connectivity index (χ4v) is 2.88. The third kappa shape index (κ3) is 4.59.